The van der Waals surface area contributed by atoms with Gasteiger partial charge in [-0.2, -0.15) is 0 Å². The summed E-state index contributed by atoms with van der Waals surface area (Å²) in [6.07, 6.45) is 0. The third-order valence-electron chi connectivity index (χ3n) is 1.85. The van der Waals surface area contributed by atoms with Gasteiger partial charge in [0.1, 0.15) is 0 Å². The molecule has 0 aromatic carbocycles. The Morgan fingerprint density at radius 1 is 1.43 bits per heavy atom. The van der Waals surface area contributed by atoms with Crippen molar-refractivity contribution in [1.29, 1.82) is 0 Å². The molecular weight excluding hydrogens is 176 g/mol. The molecule has 1 heterocycles. The molecule has 0 aliphatic heterocycles. The molecule has 0 spiro atoms. The molecule has 1 aromatic heterocycles. The first-order valence-corrected chi connectivity index (χ1v) is 4.93. The van der Waals surface area contributed by atoms with E-state index in [1.807, 2.05) is 19.1 Å². The van der Waals surface area contributed by atoms with E-state index in [2.05, 4.69) is 18.8 Å². The average molecular weight is 194 g/mol. The lowest BCUT2D eigenvalue weighted by atomic mass is 10.2. The average Bonchev–Trinajstić information content (AvgIpc) is 2.15. The van der Waals surface area contributed by atoms with E-state index in [1.165, 1.54) is 0 Å². The summed E-state index contributed by atoms with van der Waals surface area (Å²) in [7, 11) is 0. The highest BCUT2D eigenvalue weighted by molar-refractivity contribution is 5.27. The van der Waals surface area contributed by atoms with Crippen molar-refractivity contribution >= 4 is 0 Å². The maximum absolute atomic E-state index is 5.59. The van der Waals surface area contributed by atoms with E-state index in [0.29, 0.717) is 24.9 Å². The van der Waals surface area contributed by atoms with Crippen LogP contribution in [0.15, 0.2) is 12.1 Å². The fraction of sp³-hybridized carbons (Fsp3) is 0.545. The normalized spacial score (nSPS) is 10.6. The van der Waals surface area contributed by atoms with Gasteiger partial charge in [0.25, 0.3) is 0 Å². The highest BCUT2D eigenvalue weighted by Crippen LogP contribution is 2.16. The fourth-order valence-electron chi connectivity index (χ4n) is 1.09. The lowest BCUT2D eigenvalue weighted by Gasteiger charge is -2.11. The summed E-state index contributed by atoms with van der Waals surface area (Å²) in [5.74, 6) is 1.18. The van der Waals surface area contributed by atoms with E-state index in [1.54, 1.807) is 0 Å². The van der Waals surface area contributed by atoms with E-state index < -0.39 is 0 Å². The molecule has 78 valence electrons. The number of aryl methyl sites for hydroxylation is 1. The Hall–Kier alpha value is -1.09. The van der Waals surface area contributed by atoms with Gasteiger partial charge in [-0.1, -0.05) is 19.9 Å². The molecule has 0 saturated heterocycles. The number of aromatic nitrogens is 1. The van der Waals surface area contributed by atoms with Gasteiger partial charge in [0.2, 0.25) is 5.88 Å². The van der Waals surface area contributed by atoms with E-state index in [0.717, 1.165) is 11.3 Å². The minimum absolute atomic E-state index is 0.473. The van der Waals surface area contributed by atoms with Crippen molar-refractivity contribution in [3.05, 3.63) is 23.4 Å². The zero-order valence-corrected chi connectivity index (χ0v) is 9.08. The van der Waals surface area contributed by atoms with Gasteiger partial charge in [0, 0.05) is 17.8 Å². The van der Waals surface area contributed by atoms with Crippen molar-refractivity contribution in [1.82, 2.24) is 4.98 Å². The topological polar surface area (TPSA) is 48.1 Å². The summed E-state index contributed by atoms with van der Waals surface area (Å²) in [5.41, 5.74) is 7.52. The Morgan fingerprint density at radius 2 is 2.14 bits per heavy atom. The van der Waals surface area contributed by atoms with Crippen LogP contribution in [0, 0.1) is 12.8 Å². The van der Waals surface area contributed by atoms with E-state index in [9.17, 15) is 0 Å². The second kappa shape index (κ2) is 4.96. The van der Waals surface area contributed by atoms with Crippen molar-refractivity contribution in [2.24, 2.45) is 11.7 Å². The Balaban J connectivity index is 2.77. The highest BCUT2D eigenvalue weighted by atomic mass is 16.5. The minimum atomic E-state index is 0.473. The van der Waals surface area contributed by atoms with Crippen LogP contribution in [0.3, 0.4) is 0 Å². The molecule has 0 unspecified atom stereocenters. The zero-order chi connectivity index (χ0) is 10.6. The predicted octanol–water partition coefficient (Wildman–Crippen LogP) is 1.88. The largest absolute Gasteiger partial charge is 0.477 e. The van der Waals surface area contributed by atoms with Crippen molar-refractivity contribution in [3.63, 3.8) is 0 Å². The van der Waals surface area contributed by atoms with Gasteiger partial charge in [-0.25, -0.2) is 4.98 Å². The van der Waals surface area contributed by atoms with Crippen LogP contribution in [0.1, 0.15) is 25.1 Å². The molecule has 0 aliphatic rings. The van der Waals surface area contributed by atoms with Gasteiger partial charge in [-0.3, -0.25) is 0 Å². The highest BCUT2D eigenvalue weighted by Gasteiger charge is 2.05. The van der Waals surface area contributed by atoms with Crippen LogP contribution in [-0.4, -0.2) is 11.6 Å². The quantitative estimate of drug-likeness (QED) is 0.796. The molecule has 0 amide bonds. The number of hydrogen-bond donors (Lipinski definition) is 1. The summed E-state index contributed by atoms with van der Waals surface area (Å²) < 4.78 is 5.58. The monoisotopic (exact) mass is 194 g/mol. The van der Waals surface area contributed by atoms with Gasteiger partial charge < -0.3 is 10.5 Å². The number of pyridine rings is 1. The molecule has 0 saturated carbocycles. The Kier molecular flexibility index (Phi) is 3.89. The van der Waals surface area contributed by atoms with Crippen LogP contribution in [0.4, 0.5) is 0 Å². The van der Waals surface area contributed by atoms with Gasteiger partial charge in [-0.15, -0.1) is 0 Å². The molecule has 1 aromatic rings. The number of rotatable bonds is 4. The molecular formula is C11H18N2O. The summed E-state index contributed by atoms with van der Waals surface area (Å²) in [6.45, 7) is 7.32. The smallest absolute Gasteiger partial charge is 0.218 e. The van der Waals surface area contributed by atoms with Crippen LogP contribution in [0.25, 0.3) is 0 Å². The lowest BCUT2D eigenvalue weighted by Crippen LogP contribution is -2.09. The van der Waals surface area contributed by atoms with Crippen molar-refractivity contribution in [2.45, 2.75) is 27.3 Å². The maximum Gasteiger partial charge on any atom is 0.218 e. The lowest BCUT2D eigenvalue weighted by molar-refractivity contribution is 0.258. The van der Waals surface area contributed by atoms with E-state index in [-0.39, 0.29) is 0 Å². The summed E-state index contributed by atoms with van der Waals surface area (Å²) in [5, 5.41) is 0. The molecule has 0 bridgehead atoms. The first kappa shape index (κ1) is 11.0. The number of hydrogen-bond acceptors (Lipinski definition) is 3. The van der Waals surface area contributed by atoms with E-state index in [4.69, 9.17) is 10.5 Å². The molecule has 0 radical (unpaired) electrons. The van der Waals surface area contributed by atoms with Gasteiger partial charge >= 0.3 is 0 Å². The summed E-state index contributed by atoms with van der Waals surface area (Å²) in [6, 6.07) is 3.92. The maximum atomic E-state index is 5.59. The second-order valence-corrected chi connectivity index (χ2v) is 3.83. The summed E-state index contributed by atoms with van der Waals surface area (Å²) >= 11 is 0. The number of nitrogens with zero attached hydrogens (tertiary/aromatic N) is 1. The first-order chi connectivity index (χ1) is 6.63. The number of ether oxygens (including phenoxy) is 1. The third kappa shape index (κ3) is 3.00. The third-order valence-corrected chi connectivity index (χ3v) is 1.85. The summed E-state index contributed by atoms with van der Waals surface area (Å²) in [4.78, 5) is 4.31. The van der Waals surface area contributed by atoms with Crippen molar-refractivity contribution < 1.29 is 4.74 Å². The molecule has 0 atom stereocenters. The Bertz CT molecular complexity index is 297. The molecule has 3 heteroatoms. The molecule has 14 heavy (non-hydrogen) atoms. The fourth-order valence-corrected chi connectivity index (χ4v) is 1.09. The van der Waals surface area contributed by atoms with Gasteiger partial charge in [0.05, 0.1) is 6.61 Å². The van der Waals surface area contributed by atoms with Crippen LogP contribution >= 0.6 is 0 Å². The molecule has 0 fully saturated rings. The Labute approximate surface area is 85.3 Å². The van der Waals surface area contributed by atoms with Crippen LogP contribution < -0.4 is 10.5 Å². The Morgan fingerprint density at radius 3 is 2.71 bits per heavy atom. The van der Waals surface area contributed by atoms with E-state index >= 15 is 0 Å². The van der Waals surface area contributed by atoms with Crippen LogP contribution in [0.2, 0.25) is 0 Å². The van der Waals surface area contributed by atoms with Crippen molar-refractivity contribution in [3.8, 4) is 5.88 Å². The van der Waals surface area contributed by atoms with Gasteiger partial charge in [0.15, 0.2) is 0 Å². The first-order valence-electron chi connectivity index (χ1n) is 4.93. The van der Waals surface area contributed by atoms with Crippen molar-refractivity contribution in [2.75, 3.05) is 6.61 Å². The number of nitrogens with two attached hydrogens (primary N) is 1. The SMILES string of the molecule is Cc1ccc(CN)c(OCC(C)C)n1. The molecule has 0 aliphatic carbocycles. The minimum Gasteiger partial charge on any atom is -0.477 e. The zero-order valence-electron chi connectivity index (χ0n) is 9.08. The second-order valence-electron chi connectivity index (χ2n) is 3.83. The van der Waals surface area contributed by atoms with Crippen LogP contribution in [-0.2, 0) is 6.54 Å². The molecule has 1 rings (SSSR count). The molecule has 3 nitrogen and oxygen atoms in total. The van der Waals surface area contributed by atoms with Crippen LogP contribution in [0.5, 0.6) is 5.88 Å². The standard InChI is InChI=1S/C11H18N2O/c1-8(2)7-14-11-10(6-12)5-4-9(3)13-11/h4-5,8H,6-7,12H2,1-3H3. The van der Waals surface area contributed by atoms with Gasteiger partial charge in [-0.05, 0) is 18.9 Å². The predicted molar refractivity (Wildman–Crippen MR) is 57.2 cm³/mol. The molecule has 2 N–H and O–H groups in total.